The third-order valence-corrected chi connectivity index (χ3v) is 5.52. The molecule has 8 heteroatoms. The fourth-order valence-electron chi connectivity index (χ4n) is 3.57. The third kappa shape index (κ3) is 4.33. The largest absolute Gasteiger partial charge is 0.508 e. The Morgan fingerprint density at radius 2 is 1.77 bits per heavy atom. The van der Waals surface area contributed by atoms with Crippen LogP contribution in [0.15, 0.2) is 30.3 Å². The van der Waals surface area contributed by atoms with Crippen molar-refractivity contribution in [1.29, 1.82) is 0 Å². The van der Waals surface area contributed by atoms with Crippen LogP contribution in [0.2, 0.25) is 0 Å². The van der Waals surface area contributed by atoms with Gasteiger partial charge in [-0.15, -0.1) is 0 Å². The number of amides is 1. The Morgan fingerprint density at radius 3 is 2.39 bits per heavy atom. The summed E-state index contributed by atoms with van der Waals surface area (Å²) in [5.74, 6) is -1.64. The molecule has 0 spiro atoms. The first kappa shape index (κ1) is 22.1. The van der Waals surface area contributed by atoms with Gasteiger partial charge in [-0.3, -0.25) is 19.3 Å². The van der Waals surface area contributed by atoms with Crippen LogP contribution in [0.3, 0.4) is 0 Å². The summed E-state index contributed by atoms with van der Waals surface area (Å²) in [7, 11) is 1.55. The zero-order valence-corrected chi connectivity index (χ0v) is 17.8. The van der Waals surface area contributed by atoms with E-state index in [0.29, 0.717) is 22.6 Å². The number of ether oxygens (including phenoxy) is 2. The van der Waals surface area contributed by atoms with E-state index in [2.05, 4.69) is 0 Å². The molecule has 0 bridgehead atoms. The lowest BCUT2D eigenvalue weighted by atomic mass is 9.88. The van der Waals surface area contributed by atoms with Crippen LogP contribution in [0.5, 0.6) is 11.5 Å². The Bertz CT molecular complexity index is 1050. The molecule has 1 amide bonds. The van der Waals surface area contributed by atoms with Crippen molar-refractivity contribution in [2.45, 2.75) is 45.8 Å². The quantitative estimate of drug-likeness (QED) is 0.515. The Balaban J connectivity index is 1.98. The fraction of sp³-hybridized carbons (Fsp3) is 0.348. The van der Waals surface area contributed by atoms with Crippen LogP contribution >= 0.6 is 0 Å². The van der Waals surface area contributed by atoms with E-state index in [0.717, 1.165) is 11.1 Å². The first-order chi connectivity index (χ1) is 14.6. The van der Waals surface area contributed by atoms with Crippen LogP contribution in [0.4, 0.5) is 5.69 Å². The van der Waals surface area contributed by atoms with Crippen LogP contribution in [-0.2, 0) is 19.1 Å². The first-order valence-corrected chi connectivity index (χ1v) is 9.83. The van der Waals surface area contributed by atoms with Crippen molar-refractivity contribution in [3.05, 3.63) is 52.6 Å². The lowest BCUT2D eigenvalue weighted by molar-refractivity contribution is -0.163. The van der Waals surface area contributed by atoms with E-state index >= 15 is 0 Å². The molecule has 0 saturated carbocycles. The Hall–Kier alpha value is -3.55. The minimum atomic E-state index is -1.12. The van der Waals surface area contributed by atoms with Crippen LogP contribution in [0, 0.1) is 20.8 Å². The number of carboxylic acid groups (broad SMARTS) is 1. The molecule has 1 aliphatic heterocycles. The number of β-lactam (4-membered cyclic amide) rings is 1. The highest BCUT2D eigenvalue weighted by atomic mass is 16.6. The number of carbonyl (C=O) groups excluding carboxylic acids is 2. The van der Waals surface area contributed by atoms with E-state index in [1.165, 1.54) is 11.0 Å². The van der Waals surface area contributed by atoms with Crippen LogP contribution in [0.25, 0.3) is 0 Å². The number of phenolic OH excluding ortho intramolecular Hbond substituents is 1. The minimum absolute atomic E-state index is 0.0606. The van der Waals surface area contributed by atoms with Crippen molar-refractivity contribution >= 4 is 23.5 Å². The molecule has 2 aromatic rings. The molecular weight excluding hydrogens is 402 g/mol. The molecule has 1 saturated heterocycles. The summed E-state index contributed by atoms with van der Waals surface area (Å²) in [5.41, 5.74) is 3.71. The summed E-state index contributed by atoms with van der Waals surface area (Å²) in [6.07, 6.45) is -1.83. The van der Waals surface area contributed by atoms with Crippen LogP contribution < -0.4 is 9.64 Å². The summed E-state index contributed by atoms with van der Waals surface area (Å²) in [5, 5.41) is 18.9. The van der Waals surface area contributed by atoms with Crippen molar-refractivity contribution in [2.24, 2.45) is 0 Å². The molecule has 8 nitrogen and oxygen atoms in total. The van der Waals surface area contributed by atoms with E-state index in [9.17, 15) is 19.5 Å². The van der Waals surface area contributed by atoms with Crippen LogP contribution in [0.1, 0.15) is 41.1 Å². The summed E-state index contributed by atoms with van der Waals surface area (Å²) in [4.78, 5) is 37.3. The van der Waals surface area contributed by atoms with Crippen molar-refractivity contribution in [3.8, 4) is 11.5 Å². The number of anilines is 1. The molecule has 31 heavy (non-hydrogen) atoms. The Kier molecular flexibility index (Phi) is 6.19. The molecule has 0 aromatic heterocycles. The highest BCUT2D eigenvalue weighted by molar-refractivity contribution is 6.06. The number of hydrogen-bond donors (Lipinski definition) is 2. The lowest BCUT2D eigenvalue weighted by Crippen LogP contribution is -2.60. The third-order valence-electron chi connectivity index (χ3n) is 5.52. The van der Waals surface area contributed by atoms with E-state index in [4.69, 9.17) is 14.6 Å². The molecule has 2 aromatic carbocycles. The molecular formula is C23H25NO7. The highest BCUT2D eigenvalue weighted by Gasteiger charge is 2.52. The normalized spacial score (nSPS) is 17.8. The molecule has 1 fully saturated rings. The van der Waals surface area contributed by atoms with E-state index < -0.39 is 30.0 Å². The number of hydrogen-bond acceptors (Lipinski definition) is 6. The topological polar surface area (TPSA) is 113 Å². The van der Waals surface area contributed by atoms with Gasteiger partial charge in [-0.05, 0) is 55.2 Å². The van der Waals surface area contributed by atoms with Gasteiger partial charge in [0.25, 0.3) is 5.91 Å². The van der Waals surface area contributed by atoms with Crippen LogP contribution in [-0.4, -0.2) is 41.3 Å². The molecule has 3 rings (SSSR count). The van der Waals surface area contributed by atoms with Gasteiger partial charge >= 0.3 is 11.9 Å². The lowest BCUT2D eigenvalue weighted by Gasteiger charge is -2.46. The van der Waals surface area contributed by atoms with Crippen molar-refractivity contribution in [1.82, 2.24) is 0 Å². The maximum atomic E-state index is 13.0. The fourth-order valence-corrected chi connectivity index (χ4v) is 3.57. The Morgan fingerprint density at radius 1 is 1.06 bits per heavy atom. The number of nitrogens with zero attached hydrogens (tertiary/aromatic N) is 1. The zero-order valence-electron chi connectivity index (χ0n) is 17.8. The molecule has 0 aliphatic carbocycles. The number of benzene rings is 2. The molecule has 2 N–H and O–H groups in total. The molecule has 2 atom stereocenters. The standard InChI is InChI=1S/C23H25NO7/c1-12-5-6-15(10-17(12)25)21-22(31-20(28)8-7-19(26)27)23(29)24(21)16-9-13(2)14(3)18(11-16)30-4/h5-6,9-11,21-22,25H,7-8H2,1-4H3,(H,26,27)/t21-,22+/m0/s1. The molecule has 1 heterocycles. The number of aryl methyl sites for hydroxylation is 2. The maximum absolute atomic E-state index is 13.0. The first-order valence-electron chi connectivity index (χ1n) is 9.83. The number of carboxylic acids is 1. The molecule has 164 valence electrons. The summed E-state index contributed by atoms with van der Waals surface area (Å²) >= 11 is 0. The predicted octanol–water partition coefficient (Wildman–Crippen LogP) is 3.19. The number of phenols is 1. The number of esters is 1. The summed E-state index contributed by atoms with van der Waals surface area (Å²) < 4.78 is 10.8. The molecule has 1 aliphatic rings. The number of aliphatic carboxylic acids is 1. The van der Waals surface area contributed by atoms with E-state index in [-0.39, 0.29) is 18.6 Å². The summed E-state index contributed by atoms with van der Waals surface area (Å²) in [6, 6.07) is 7.93. The maximum Gasteiger partial charge on any atom is 0.307 e. The van der Waals surface area contributed by atoms with Gasteiger partial charge in [0.2, 0.25) is 6.10 Å². The smallest absolute Gasteiger partial charge is 0.307 e. The van der Waals surface area contributed by atoms with Gasteiger partial charge in [0.15, 0.2) is 0 Å². The zero-order chi connectivity index (χ0) is 22.9. The monoisotopic (exact) mass is 427 g/mol. The Labute approximate surface area is 180 Å². The number of methoxy groups -OCH3 is 1. The number of aromatic hydroxyl groups is 1. The van der Waals surface area contributed by atoms with Gasteiger partial charge < -0.3 is 19.7 Å². The second-order valence-corrected chi connectivity index (χ2v) is 7.59. The summed E-state index contributed by atoms with van der Waals surface area (Å²) in [6.45, 7) is 5.57. The SMILES string of the molecule is COc1cc(N2C(=O)[C@H](OC(=O)CCC(=O)O)[C@@H]2c2ccc(C)c(O)c2)cc(C)c1C. The van der Waals surface area contributed by atoms with Gasteiger partial charge in [-0.1, -0.05) is 12.1 Å². The van der Waals surface area contributed by atoms with Gasteiger partial charge in [-0.2, -0.15) is 0 Å². The highest BCUT2D eigenvalue weighted by Crippen LogP contribution is 2.44. The van der Waals surface area contributed by atoms with Gasteiger partial charge in [0.05, 0.1) is 20.0 Å². The van der Waals surface area contributed by atoms with Crippen molar-refractivity contribution in [2.75, 3.05) is 12.0 Å². The van der Waals surface area contributed by atoms with Crippen molar-refractivity contribution < 1.29 is 34.1 Å². The van der Waals surface area contributed by atoms with E-state index in [1.807, 2.05) is 19.9 Å². The predicted molar refractivity (Wildman–Crippen MR) is 112 cm³/mol. The van der Waals surface area contributed by atoms with Crippen molar-refractivity contribution in [3.63, 3.8) is 0 Å². The second-order valence-electron chi connectivity index (χ2n) is 7.59. The average Bonchev–Trinajstić information content (AvgIpc) is 2.72. The van der Waals surface area contributed by atoms with E-state index in [1.54, 1.807) is 32.2 Å². The molecule has 0 radical (unpaired) electrons. The second kappa shape index (κ2) is 8.67. The van der Waals surface area contributed by atoms with Gasteiger partial charge in [-0.25, -0.2) is 0 Å². The number of carbonyl (C=O) groups is 3. The van der Waals surface area contributed by atoms with Gasteiger partial charge in [0.1, 0.15) is 17.5 Å². The molecule has 0 unspecified atom stereocenters. The van der Waals surface area contributed by atoms with Gasteiger partial charge in [0, 0.05) is 11.8 Å². The number of rotatable bonds is 7. The minimum Gasteiger partial charge on any atom is -0.508 e. The average molecular weight is 427 g/mol.